The average Bonchev–Trinajstić information content (AvgIpc) is 2.63. The fourth-order valence-electron chi connectivity index (χ4n) is 3.69. The maximum Gasteiger partial charge on any atom is 0.169 e. The van der Waals surface area contributed by atoms with Crippen molar-refractivity contribution < 1.29 is 10.2 Å². The Kier molecular flexibility index (Phi) is 6.12. The lowest BCUT2D eigenvalue weighted by Crippen LogP contribution is -2.47. The van der Waals surface area contributed by atoms with Gasteiger partial charge in [-0.15, -0.1) is 0 Å². The summed E-state index contributed by atoms with van der Waals surface area (Å²) < 4.78 is 0. The average molecular weight is 405 g/mol. The van der Waals surface area contributed by atoms with Crippen LogP contribution in [0, 0.1) is 5.92 Å². The Morgan fingerprint density at radius 3 is 2.56 bits per heavy atom. The summed E-state index contributed by atoms with van der Waals surface area (Å²) in [5, 5.41) is 24.6. The number of thiocarbonyl (C=S) groups is 1. The molecule has 1 aliphatic heterocycles. The van der Waals surface area contributed by atoms with Crippen LogP contribution in [0.4, 0.5) is 0 Å². The zero-order chi connectivity index (χ0) is 19.6. The molecule has 0 aliphatic carbocycles. The van der Waals surface area contributed by atoms with Gasteiger partial charge in [0.2, 0.25) is 0 Å². The molecule has 1 unspecified atom stereocenters. The molecular weight excluding hydrogens is 380 g/mol. The van der Waals surface area contributed by atoms with Crippen LogP contribution in [-0.4, -0.2) is 33.3 Å². The minimum Gasteiger partial charge on any atom is -0.504 e. The van der Waals surface area contributed by atoms with E-state index in [2.05, 4.69) is 24.1 Å². The molecule has 3 N–H and O–H groups in total. The van der Waals surface area contributed by atoms with Crippen LogP contribution in [0.15, 0.2) is 36.4 Å². The third-order valence-corrected chi connectivity index (χ3v) is 5.64. The lowest BCUT2D eigenvalue weighted by atomic mass is 9.86. The molecule has 3 rings (SSSR count). The van der Waals surface area contributed by atoms with Crippen LogP contribution in [0.5, 0.6) is 11.5 Å². The lowest BCUT2D eigenvalue weighted by molar-refractivity contribution is 0.233. The van der Waals surface area contributed by atoms with Crippen molar-refractivity contribution in [3.05, 3.63) is 58.1 Å². The number of rotatable bonds is 4. The molecule has 27 heavy (non-hydrogen) atoms. The molecule has 144 valence electrons. The van der Waals surface area contributed by atoms with E-state index >= 15 is 0 Å². The quantitative estimate of drug-likeness (QED) is 0.520. The van der Waals surface area contributed by atoms with E-state index in [1.807, 2.05) is 24.3 Å². The second-order valence-electron chi connectivity index (χ2n) is 7.28. The molecule has 2 aromatic rings. The number of nitrogens with zero attached hydrogens (tertiary/aromatic N) is 1. The van der Waals surface area contributed by atoms with Gasteiger partial charge in [0.25, 0.3) is 0 Å². The molecule has 0 amide bonds. The Hall–Kier alpha value is -1.98. The predicted octanol–water partition coefficient (Wildman–Crippen LogP) is 4.42. The Balaban J connectivity index is 1.70. The van der Waals surface area contributed by atoms with Gasteiger partial charge in [-0.3, -0.25) is 0 Å². The highest BCUT2D eigenvalue weighted by Crippen LogP contribution is 2.40. The first-order chi connectivity index (χ1) is 12.9. The van der Waals surface area contributed by atoms with Gasteiger partial charge in [-0.25, -0.2) is 0 Å². The van der Waals surface area contributed by atoms with Crippen LogP contribution in [0.3, 0.4) is 0 Å². The van der Waals surface area contributed by atoms with E-state index < -0.39 is 0 Å². The number of halogens is 1. The van der Waals surface area contributed by atoms with Crippen molar-refractivity contribution in [1.29, 1.82) is 0 Å². The van der Waals surface area contributed by atoms with Crippen LogP contribution < -0.4 is 5.32 Å². The standard InChI is InChI=1S/C21H25ClN2O2S/c1-13(2)20-17-12-19(26)18(25)11-15(17)8-10-24(20)21(27)23-9-7-14-3-5-16(22)6-4-14/h3-6,11-13,20,25-26H,7-10H2,1-2H3,(H,23,27). The maximum absolute atomic E-state index is 9.96. The fourth-order valence-corrected chi connectivity index (χ4v) is 4.12. The first-order valence-corrected chi connectivity index (χ1v) is 9.99. The van der Waals surface area contributed by atoms with E-state index in [0.29, 0.717) is 5.92 Å². The third kappa shape index (κ3) is 4.47. The van der Waals surface area contributed by atoms with E-state index in [9.17, 15) is 10.2 Å². The van der Waals surface area contributed by atoms with Crippen molar-refractivity contribution >= 4 is 28.9 Å². The van der Waals surface area contributed by atoms with Crippen LogP contribution in [0.1, 0.15) is 36.6 Å². The van der Waals surface area contributed by atoms with Crippen molar-refractivity contribution in [2.24, 2.45) is 5.92 Å². The molecule has 1 aliphatic rings. The van der Waals surface area contributed by atoms with Gasteiger partial charge in [-0.05, 0) is 71.9 Å². The Labute approximate surface area is 170 Å². The number of aromatic hydroxyl groups is 2. The van der Waals surface area contributed by atoms with Gasteiger partial charge in [0, 0.05) is 18.1 Å². The molecule has 0 bridgehead atoms. The highest BCUT2D eigenvalue weighted by Gasteiger charge is 2.32. The number of fused-ring (bicyclic) bond motifs is 1. The summed E-state index contributed by atoms with van der Waals surface area (Å²) in [6, 6.07) is 11.3. The molecular formula is C21H25ClN2O2S. The van der Waals surface area contributed by atoms with Gasteiger partial charge >= 0.3 is 0 Å². The van der Waals surface area contributed by atoms with Gasteiger partial charge in [0.15, 0.2) is 16.6 Å². The largest absolute Gasteiger partial charge is 0.504 e. The van der Waals surface area contributed by atoms with E-state index in [0.717, 1.165) is 47.2 Å². The first kappa shape index (κ1) is 19.8. The van der Waals surface area contributed by atoms with Crippen molar-refractivity contribution in [3.63, 3.8) is 0 Å². The Morgan fingerprint density at radius 1 is 1.22 bits per heavy atom. The van der Waals surface area contributed by atoms with Crippen LogP contribution >= 0.6 is 23.8 Å². The van der Waals surface area contributed by atoms with Crippen LogP contribution in [0.25, 0.3) is 0 Å². The molecule has 0 fully saturated rings. The number of hydrogen-bond acceptors (Lipinski definition) is 3. The van der Waals surface area contributed by atoms with E-state index in [1.54, 1.807) is 12.1 Å². The zero-order valence-corrected chi connectivity index (χ0v) is 17.1. The van der Waals surface area contributed by atoms with Crippen molar-refractivity contribution in [2.75, 3.05) is 13.1 Å². The number of benzene rings is 2. The molecule has 2 aromatic carbocycles. The summed E-state index contributed by atoms with van der Waals surface area (Å²) in [6.07, 6.45) is 1.65. The minimum atomic E-state index is -0.0807. The fraction of sp³-hybridized carbons (Fsp3) is 0.381. The van der Waals surface area contributed by atoms with E-state index in [1.165, 1.54) is 5.56 Å². The van der Waals surface area contributed by atoms with Crippen LogP contribution in [-0.2, 0) is 12.8 Å². The third-order valence-electron chi connectivity index (χ3n) is 5.01. The predicted molar refractivity (Wildman–Crippen MR) is 114 cm³/mol. The van der Waals surface area contributed by atoms with E-state index in [-0.39, 0.29) is 17.5 Å². The summed E-state index contributed by atoms with van der Waals surface area (Å²) >= 11 is 11.6. The van der Waals surface area contributed by atoms with Gasteiger partial charge in [0.05, 0.1) is 6.04 Å². The number of hydrogen-bond donors (Lipinski definition) is 3. The van der Waals surface area contributed by atoms with Gasteiger partial charge in [-0.1, -0.05) is 37.6 Å². The number of phenolic OH excluding ortho intramolecular Hbond substituents is 2. The first-order valence-electron chi connectivity index (χ1n) is 9.20. The molecule has 6 heteroatoms. The Bertz CT molecular complexity index is 824. The molecule has 0 aromatic heterocycles. The summed E-state index contributed by atoms with van der Waals surface area (Å²) in [5.41, 5.74) is 3.32. The highest BCUT2D eigenvalue weighted by atomic mass is 35.5. The molecule has 4 nitrogen and oxygen atoms in total. The summed E-state index contributed by atoms with van der Waals surface area (Å²) in [6.45, 7) is 5.82. The van der Waals surface area contributed by atoms with Crippen molar-refractivity contribution in [1.82, 2.24) is 10.2 Å². The molecule has 0 radical (unpaired) electrons. The Morgan fingerprint density at radius 2 is 1.89 bits per heavy atom. The zero-order valence-electron chi connectivity index (χ0n) is 15.6. The SMILES string of the molecule is CC(C)C1c2cc(O)c(O)cc2CCN1C(=S)NCCc1ccc(Cl)cc1. The lowest BCUT2D eigenvalue weighted by Gasteiger charge is -2.41. The van der Waals surface area contributed by atoms with Crippen LogP contribution in [0.2, 0.25) is 5.02 Å². The monoisotopic (exact) mass is 404 g/mol. The van der Waals surface area contributed by atoms with Gasteiger partial charge in [-0.2, -0.15) is 0 Å². The molecule has 0 spiro atoms. The van der Waals surface area contributed by atoms with Gasteiger partial charge < -0.3 is 20.4 Å². The molecule has 1 atom stereocenters. The second-order valence-corrected chi connectivity index (χ2v) is 8.10. The van der Waals surface area contributed by atoms with Crippen molar-refractivity contribution in [3.8, 4) is 11.5 Å². The normalized spacial score (nSPS) is 16.3. The van der Waals surface area contributed by atoms with Gasteiger partial charge in [0.1, 0.15) is 0 Å². The second kappa shape index (κ2) is 8.36. The van der Waals surface area contributed by atoms with E-state index in [4.69, 9.17) is 23.8 Å². The smallest absolute Gasteiger partial charge is 0.169 e. The van der Waals surface area contributed by atoms with Crippen molar-refractivity contribution in [2.45, 2.75) is 32.7 Å². The molecule has 1 heterocycles. The topological polar surface area (TPSA) is 55.7 Å². The highest BCUT2D eigenvalue weighted by molar-refractivity contribution is 7.80. The minimum absolute atomic E-state index is 0.0617. The summed E-state index contributed by atoms with van der Waals surface area (Å²) in [5.74, 6) is 0.167. The maximum atomic E-state index is 9.96. The molecule has 0 saturated carbocycles. The summed E-state index contributed by atoms with van der Waals surface area (Å²) in [7, 11) is 0. The number of phenols is 2. The molecule has 0 saturated heterocycles. The number of nitrogens with one attached hydrogen (secondary N) is 1. The summed E-state index contributed by atoms with van der Waals surface area (Å²) in [4.78, 5) is 2.20.